The van der Waals surface area contributed by atoms with Gasteiger partial charge in [0.1, 0.15) is 5.75 Å². The highest BCUT2D eigenvalue weighted by Gasteiger charge is 2.14. The van der Waals surface area contributed by atoms with Crippen LogP contribution in [0.5, 0.6) is 5.75 Å². The predicted octanol–water partition coefficient (Wildman–Crippen LogP) is 4.21. The topological polar surface area (TPSA) is 68.5 Å². The van der Waals surface area contributed by atoms with Crippen LogP contribution in [0.1, 0.15) is 18.7 Å². The van der Waals surface area contributed by atoms with Crippen molar-refractivity contribution in [1.29, 1.82) is 0 Å². The van der Waals surface area contributed by atoms with Crippen molar-refractivity contribution in [2.45, 2.75) is 19.4 Å². The first-order valence-electron chi connectivity index (χ1n) is 8.62. The number of halogens is 1. The summed E-state index contributed by atoms with van der Waals surface area (Å²) in [5.41, 5.74) is 0.807. The quantitative estimate of drug-likeness (QED) is 0.543. The fraction of sp³-hybridized carbons (Fsp3) is 0.250. The molecule has 1 aromatic heterocycles. The molecule has 0 unspecified atom stereocenters. The average molecular weight is 386 g/mol. The van der Waals surface area contributed by atoms with Crippen LogP contribution in [0.15, 0.2) is 59.1 Å². The average Bonchev–Trinajstić information content (AvgIpc) is 3.15. The van der Waals surface area contributed by atoms with Crippen molar-refractivity contribution in [2.24, 2.45) is 0 Å². The minimum absolute atomic E-state index is 0.00194. The predicted molar refractivity (Wildman–Crippen MR) is 102 cm³/mol. The summed E-state index contributed by atoms with van der Waals surface area (Å²) < 4.78 is 10.8. The van der Waals surface area contributed by atoms with Crippen LogP contribution in [0.2, 0.25) is 5.02 Å². The normalized spacial score (nSPS) is 10.6. The Labute approximate surface area is 162 Å². The molecule has 0 atom stereocenters. The third kappa shape index (κ3) is 5.56. The molecule has 0 bridgehead atoms. The van der Waals surface area contributed by atoms with Gasteiger partial charge in [-0.05, 0) is 42.8 Å². The molecule has 7 heteroatoms. The Balaban J connectivity index is 1.45. The maximum absolute atomic E-state index is 12.2. The second-order valence-electron chi connectivity index (χ2n) is 6.03. The lowest BCUT2D eigenvalue weighted by Crippen LogP contribution is -2.26. The number of carbonyl (C=O) groups excluding carboxylic acids is 1. The molecule has 0 radical (unpaired) electrons. The van der Waals surface area contributed by atoms with E-state index in [-0.39, 0.29) is 12.5 Å². The summed E-state index contributed by atoms with van der Waals surface area (Å²) in [7, 11) is 1.71. The van der Waals surface area contributed by atoms with Crippen molar-refractivity contribution in [3.63, 3.8) is 0 Å². The van der Waals surface area contributed by atoms with E-state index in [1.807, 2.05) is 42.5 Å². The fourth-order valence-corrected chi connectivity index (χ4v) is 2.57. The van der Waals surface area contributed by atoms with Gasteiger partial charge in [0.2, 0.25) is 17.6 Å². The number of para-hydroxylation sites is 1. The van der Waals surface area contributed by atoms with Gasteiger partial charge in [-0.1, -0.05) is 35.0 Å². The van der Waals surface area contributed by atoms with Gasteiger partial charge in [0.25, 0.3) is 0 Å². The molecule has 0 N–H and O–H groups in total. The van der Waals surface area contributed by atoms with Crippen LogP contribution >= 0.6 is 11.6 Å². The van der Waals surface area contributed by atoms with E-state index in [0.29, 0.717) is 36.2 Å². The molecular formula is C20H20ClN3O3. The highest BCUT2D eigenvalue weighted by molar-refractivity contribution is 6.30. The highest BCUT2D eigenvalue weighted by Crippen LogP contribution is 2.19. The molecule has 0 fully saturated rings. The first-order chi connectivity index (χ1) is 13.1. The number of benzene rings is 2. The molecule has 140 valence electrons. The maximum Gasteiger partial charge on any atom is 0.246 e. The van der Waals surface area contributed by atoms with E-state index in [1.165, 1.54) is 0 Å². The Hall–Kier alpha value is -2.86. The Morgan fingerprint density at radius 2 is 1.89 bits per heavy atom. The first kappa shape index (κ1) is 18.9. The summed E-state index contributed by atoms with van der Waals surface area (Å²) in [6, 6.07) is 16.7. The SMILES string of the molecule is CN(Cc1nc(-c2ccc(Cl)cc2)no1)C(=O)CCCOc1ccccc1. The zero-order chi connectivity index (χ0) is 19.1. The monoisotopic (exact) mass is 385 g/mol. The van der Waals surface area contributed by atoms with E-state index in [0.717, 1.165) is 11.3 Å². The molecule has 0 aliphatic carbocycles. The van der Waals surface area contributed by atoms with E-state index in [4.69, 9.17) is 20.9 Å². The van der Waals surface area contributed by atoms with Gasteiger partial charge >= 0.3 is 0 Å². The van der Waals surface area contributed by atoms with Crippen molar-refractivity contribution in [1.82, 2.24) is 15.0 Å². The number of carbonyl (C=O) groups is 1. The lowest BCUT2D eigenvalue weighted by molar-refractivity contribution is -0.131. The van der Waals surface area contributed by atoms with E-state index >= 15 is 0 Å². The summed E-state index contributed by atoms with van der Waals surface area (Å²) in [5, 5.41) is 4.59. The van der Waals surface area contributed by atoms with Crippen LogP contribution < -0.4 is 4.74 Å². The Morgan fingerprint density at radius 1 is 1.15 bits per heavy atom. The number of ether oxygens (including phenoxy) is 1. The second kappa shape index (κ2) is 9.19. The number of rotatable bonds is 8. The van der Waals surface area contributed by atoms with Crippen LogP contribution in [-0.2, 0) is 11.3 Å². The van der Waals surface area contributed by atoms with Crippen LogP contribution in [-0.4, -0.2) is 34.6 Å². The zero-order valence-corrected chi connectivity index (χ0v) is 15.7. The summed E-state index contributed by atoms with van der Waals surface area (Å²) >= 11 is 5.88. The lowest BCUT2D eigenvalue weighted by atomic mass is 10.2. The van der Waals surface area contributed by atoms with Crippen LogP contribution in [0.25, 0.3) is 11.4 Å². The molecule has 0 spiro atoms. The molecule has 1 amide bonds. The molecular weight excluding hydrogens is 366 g/mol. The largest absolute Gasteiger partial charge is 0.494 e. The molecule has 3 aromatic rings. The van der Waals surface area contributed by atoms with Crippen molar-refractivity contribution < 1.29 is 14.1 Å². The van der Waals surface area contributed by atoms with Crippen molar-refractivity contribution in [3.8, 4) is 17.1 Å². The first-order valence-corrected chi connectivity index (χ1v) is 9.00. The van der Waals surface area contributed by atoms with E-state index in [1.54, 1.807) is 24.1 Å². The standard InChI is InChI=1S/C20H20ClN3O3/c1-24(19(25)8-5-13-26-17-6-3-2-4-7-17)14-18-22-20(23-27-18)15-9-11-16(21)12-10-15/h2-4,6-7,9-12H,5,8,13-14H2,1H3. The number of nitrogens with zero attached hydrogens (tertiary/aromatic N) is 3. The van der Waals surface area contributed by atoms with E-state index < -0.39 is 0 Å². The van der Waals surface area contributed by atoms with Crippen molar-refractivity contribution >= 4 is 17.5 Å². The molecule has 2 aromatic carbocycles. The fourth-order valence-electron chi connectivity index (χ4n) is 2.45. The van der Waals surface area contributed by atoms with Gasteiger partial charge < -0.3 is 14.2 Å². The van der Waals surface area contributed by atoms with Crippen molar-refractivity contribution in [2.75, 3.05) is 13.7 Å². The lowest BCUT2D eigenvalue weighted by Gasteiger charge is -2.14. The summed E-state index contributed by atoms with van der Waals surface area (Å²) in [4.78, 5) is 18.1. The Morgan fingerprint density at radius 3 is 2.63 bits per heavy atom. The minimum Gasteiger partial charge on any atom is -0.494 e. The summed E-state index contributed by atoms with van der Waals surface area (Å²) in [6.45, 7) is 0.754. The van der Waals surface area contributed by atoms with Gasteiger partial charge in [-0.25, -0.2) is 0 Å². The van der Waals surface area contributed by atoms with Gasteiger partial charge in [0.05, 0.1) is 13.2 Å². The second-order valence-corrected chi connectivity index (χ2v) is 6.47. The molecule has 3 rings (SSSR count). The molecule has 0 aliphatic heterocycles. The van der Waals surface area contributed by atoms with Gasteiger partial charge in [0.15, 0.2) is 0 Å². The Bertz CT molecular complexity index is 866. The number of hydrogen-bond acceptors (Lipinski definition) is 5. The maximum atomic E-state index is 12.2. The molecule has 0 saturated heterocycles. The van der Waals surface area contributed by atoms with Gasteiger partial charge in [0, 0.05) is 24.1 Å². The van der Waals surface area contributed by atoms with Crippen LogP contribution in [0, 0.1) is 0 Å². The molecule has 27 heavy (non-hydrogen) atoms. The van der Waals surface area contributed by atoms with Gasteiger partial charge in [-0.2, -0.15) is 4.98 Å². The van der Waals surface area contributed by atoms with Gasteiger partial charge in [-0.3, -0.25) is 4.79 Å². The molecule has 1 heterocycles. The summed E-state index contributed by atoms with van der Waals surface area (Å²) in [5.74, 6) is 1.66. The van der Waals surface area contributed by atoms with E-state index in [2.05, 4.69) is 10.1 Å². The molecule has 0 saturated carbocycles. The van der Waals surface area contributed by atoms with E-state index in [9.17, 15) is 4.79 Å². The highest BCUT2D eigenvalue weighted by atomic mass is 35.5. The molecule has 6 nitrogen and oxygen atoms in total. The number of amides is 1. The Kier molecular flexibility index (Phi) is 6.44. The number of aromatic nitrogens is 2. The molecule has 0 aliphatic rings. The van der Waals surface area contributed by atoms with Crippen molar-refractivity contribution in [3.05, 3.63) is 65.5 Å². The summed E-state index contributed by atoms with van der Waals surface area (Å²) in [6.07, 6.45) is 1.03. The zero-order valence-electron chi connectivity index (χ0n) is 15.0. The third-order valence-corrected chi connectivity index (χ3v) is 4.17. The smallest absolute Gasteiger partial charge is 0.246 e. The third-order valence-electron chi connectivity index (χ3n) is 3.92. The minimum atomic E-state index is -0.00194. The number of hydrogen-bond donors (Lipinski definition) is 0. The van der Waals surface area contributed by atoms with Crippen LogP contribution in [0.3, 0.4) is 0 Å². The van der Waals surface area contributed by atoms with Crippen LogP contribution in [0.4, 0.5) is 0 Å². The van der Waals surface area contributed by atoms with Gasteiger partial charge in [-0.15, -0.1) is 0 Å².